The molecule has 0 saturated heterocycles. The average molecular weight is 396 g/mol. The number of amides is 1. The number of nitrogens with zero attached hydrogens (tertiary/aromatic N) is 2. The predicted octanol–water partition coefficient (Wildman–Crippen LogP) is 3.03. The smallest absolute Gasteiger partial charge is 0.252 e. The average Bonchev–Trinajstić information content (AvgIpc) is 3.03. The van der Waals surface area contributed by atoms with Crippen molar-refractivity contribution in [3.8, 4) is 29.6 Å². The first-order chi connectivity index (χ1) is 13.6. The van der Waals surface area contributed by atoms with Crippen LogP contribution in [0.25, 0.3) is 10.2 Å². The van der Waals surface area contributed by atoms with E-state index in [2.05, 4.69) is 10.9 Å². The summed E-state index contributed by atoms with van der Waals surface area (Å²) >= 11 is 1.38. The maximum atomic E-state index is 12.5. The largest absolute Gasteiger partial charge is 0.497 e. The van der Waals surface area contributed by atoms with Crippen molar-refractivity contribution in [2.75, 3.05) is 21.3 Å². The van der Waals surface area contributed by atoms with Gasteiger partial charge in [-0.05, 0) is 17.7 Å². The molecule has 0 bridgehead atoms. The third kappa shape index (κ3) is 4.02. The van der Waals surface area contributed by atoms with Crippen molar-refractivity contribution < 1.29 is 19.0 Å². The van der Waals surface area contributed by atoms with E-state index >= 15 is 0 Å². The molecule has 1 heterocycles. The SMILES string of the molecule is C#CCn1c(=NC(=O)Cc2cccc(OC)c2)sc2cc(OC)c(OC)cc21. The molecular formula is C21H20N2O4S. The van der Waals surface area contributed by atoms with Crippen LogP contribution < -0.4 is 19.0 Å². The second-order valence-corrected chi connectivity index (χ2v) is 6.89. The Morgan fingerprint density at radius 1 is 1.14 bits per heavy atom. The molecular weight excluding hydrogens is 376 g/mol. The second-order valence-electron chi connectivity index (χ2n) is 5.88. The highest BCUT2D eigenvalue weighted by molar-refractivity contribution is 7.16. The van der Waals surface area contributed by atoms with Crippen molar-refractivity contribution in [2.45, 2.75) is 13.0 Å². The molecule has 0 aliphatic rings. The van der Waals surface area contributed by atoms with E-state index in [1.165, 1.54) is 11.3 Å². The monoisotopic (exact) mass is 396 g/mol. The van der Waals surface area contributed by atoms with Crippen LogP contribution in [0.15, 0.2) is 41.4 Å². The minimum atomic E-state index is -0.260. The number of thiazole rings is 1. The first-order valence-electron chi connectivity index (χ1n) is 8.49. The number of methoxy groups -OCH3 is 3. The molecule has 0 aliphatic heterocycles. The van der Waals surface area contributed by atoms with Gasteiger partial charge in [0.15, 0.2) is 16.3 Å². The standard InChI is InChI=1S/C21H20N2O4S/c1-5-9-23-16-12-17(26-3)18(27-4)13-19(16)28-21(23)22-20(24)11-14-7-6-8-15(10-14)25-2/h1,6-8,10,12-13H,9,11H2,2-4H3. The minimum absolute atomic E-state index is 0.175. The van der Waals surface area contributed by atoms with Gasteiger partial charge in [0.2, 0.25) is 0 Å². The van der Waals surface area contributed by atoms with Crippen molar-refractivity contribution in [3.05, 3.63) is 46.8 Å². The number of terminal acetylenes is 1. The van der Waals surface area contributed by atoms with Gasteiger partial charge in [-0.2, -0.15) is 4.99 Å². The molecule has 1 aromatic heterocycles. The van der Waals surface area contributed by atoms with Crippen molar-refractivity contribution in [1.29, 1.82) is 0 Å². The van der Waals surface area contributed by atoms with E-state index in [0.717, 1.165) is 15.8 Å². The van der Waals surface area contributed by atoms with Gasteiger partial charge >= 0.3 is 0 Å². The summed E-state index contributed by atoms with van der Waals surface area (Å²) in [5.74, 6) is 4.26. The lowest BCUT2D eigenvalue weighted by Gasteiger charge is -2.08. The molecule has 0 radical (unpaired) electrons. The van der Waals surface area contributed by atoms with E-state index in [1.807, 2.05) is 41.0 Å². The number of hydrogen-bond donors (Lipinski definition) is 0. The van der Waals surface area contributed by atoms with Crippen molar-refractivity contribution in [2.24, 2.45) is 4.99 Å². The summed E-state index contributed by atoms with van der Waals surface area (Å²) in [5.41, 5.74) is 1.68. The van der Waals surface area contributed by atoms with E-state index < -0.39 is 0 Å². The number of rotatable bonds is 6. The summed E-state index contributed by atoms with van der Waals surface area (Å²) < 4.78 is 18.7. The van der Waals surface area contributed by atoms with Gasteiger partial charge in [-0.25, -0.2) is 0 Å². The topological polar surface area (TPSA) is 62.1 Å². The number of ether oxygens (including phenoxy) is 3. The molecule has 0 atom stereocenters. The molecule has 3 rings (SSSR count). The Labute approximate surface area is 167 Å². The Balaban J connectivity index is 2.03. The number of aromatic nitrogens is 1. The number of benzene rings is 2. The lowest BCUT2D eigenvalue weighted by molar-refractivity contribution is -0.117. The fourth-order valence-corrected chi connectivity index (χ4v) is 3.89. The van der Waals surface area contributed by atoms with Gasteiger partial charge in [0, 0.05) is 12.1 Å². The fraction of sp³-hybridized carbons (Fsp3) is 0.238. The van der Waals surface area contributed by atoms with Gasteiger partial charge in [-0.3, -0.25) is 4.79 Å². The van der Waals surface area contributed by atoms with Crippen LogP contribution in [0.3, 0.4) is 0 Å². The van der Waals surface area contributed by atoms with Gasteiger partial charge in [-0.1, -0.05) is 29.4 Å². The normalized spacial score (nSPS) is 11.3. The van der Waals surface area contributed by atoms with E-state index in [9.17, 15) is 4.79 Å². The highest BCUT2D eigenvalue weighted by Gasteiger charge is 2.13. The summed E-state index contributed by atoms with van der Waals surface area (Å²) in [6.45, 7) is 0.292. The van der Waals surface area contributed by atoms with Crippen molar-refractivity contribution in [3.63, 3.8) is 0 Å². The Kier molecular flexibility index (Phi) is 6.02. The van der Waals surface area contributed by atoms with Crippen LogP contribution >= 0.6 is 11.3 Å². The van der Waals surface area contributed by atoms with Crippen LogP contribution in [0.1, 0.15) is 5.56 Å². The fourth-order valence-electron chi connectivity index (χ4n) is 2.83. The zero-order valence-corrected chi connectivity index (χ0v) is 16.7. The van der Waals surface area contributed by atoms with Gasteiger partial charge < -0.3 is 18.8 Å². The van der Waals surface area contributed by atoms with Crippen LogP contribution in [0.5, 0.6) is 17.2 Å². The molecule has 7 heteroatoms. The van der Waals surface area contributed by atoms with Gasteiger partial charge in [0.05, 0.1) is 44.5 Å². The molecule has 28 heavy (non-hydrogen) atoms. The molecule has 0 unspecified atom stereocenters. The highest BCUT2D eigenvalue weighted by Crippen LogP contribution is 2.33. The maximum Gasteiger partial charge on any atom is 0.252 e. The van der Waals surface area contributed by atoms with Crippen LogP contribution in [-0.2, 0) is 17.8 Å². The van der Waals surface area contributed by atoms with E-state index in [4.69, 9.17) is 20.6 Å². The predicted molar refractivity (Wildman–Crippen MR) is 109 cm³/mol. The van der Waals surface area contributed by atoms with Gasteiger partial charge in [0.25, 0.3) is 5.91 Å². The molecule has 0 N–H and O–H groups in total. The lowest BCUT2D eigenvalue weighted by atomic mass is 10.1. The van der Waals surface area contributed by atoms with Crippen LogP contribution in [0.4, 0.5) is 0 Å². The Bertz CT molecular complexity index is 1120. The number of carbonyl (C=O) groups is 1. The summed E-state index contributed by atoms with van der Waals surface area (Å²) in [6, 6.07) is 11.1. The molecule has 0 fully saturated rings. The van der Waals surface area contributed by atoms with Crippen molar-refractivity contribution in [1.82, 2.24) is 4.57 Å². The highest BCUT2D eigenvalue weighted by atomic mass is 32.1. The molecule has 6 nitrogen and oxygen atoms in total. The van der Waals surface area contributed by atoms with Crippen molar-refractivity contribution >= 4 is 27.5 Å². The molecule has 0 saturated carbocycles. The van der Waals surface area contributed by atoms with Gasteiger partial charge in [-0.15, -0.1) is 6.42 Å². The first-order valence-corrected chi connectivity index (χ1v) is 9.30. The van der Waals surface area contributed by atoms with Crippen LogP contribution in [-0.4, -0.2) is 31.8 Å². The number of fused-ring (bicyclic) bond motifs is 1. The van der Waals surface area contributed by atoms with E-state index in [0.29, 0.717) is 28.6 Å². The first kappa shape index (κ1) is 19.5. The Hall–Kier alpha value is -3.24. The minimum Gasteiger partial charge on any atom is -0.497 e. The zero-order valence-electron chi connectivity index (χ0n) is 15.9. The van der Waals surface area contributed by atoms with Gasteiger partial charge in [0.1, 0.15) is 5.75 Å². The van der Waals surface area contributed by atoms with Crippen LogP contribution in [0, 0.1) is 12.3 Å². The molecule has 3 aromatic rings. The Morgan fingerprint density at radius 2 is 1.89 bits per heavy atom. The van der Waals surface area contributed by atoms with E-state index in [1.54, 1.807) is 21.3 Å². The maximum absolute atomic E-state index is 12.5. The lowest BCUT2D eigenvalue weighted by Crippen LogP contribution is -2.17. The quantitative estimate of drug-likeness (QED) is 0.601. The molecule has 1 amide bonds. The third-order valence-electron chi connectivity index (χ3n) is 4.15. The summed E-state index contributed by atoms with van der Waals surface area (Å²) in [7, 11) is 4.74. The van der Waals surface area contributed by atoms with E-state index in [-0.39, 0.29) is 12.3 Å². The van der Waals surface area contributed by atoms with Crippen LogP contribution in [0.2, 0.25) is 0 Å². The number of carbonyl (C=O) groups excluding carboxylic acids is 1. The molecule has 2 aromatic carbocycles. The number of hydrogen-bond acceptors (Lipinski definition) is 5. The zero-order chi connectivity index (χ0) is 20.1. The summed E-state index contributed by atoms with van der Waals surface area (Å²) in [5, 5.41) is 0. The molecule has 0 aliphatic carbocycles. The molecule has 0 spiro atoms. The second kappa shape index (κ2) is 8.63. The third-order valence-corrected chi connectivity index (χ3v) is 5.19. The Morgan fingerprint density at radius 3 is 2.57 bits per heavy atom. The molecule has 144 valence electrons. The summed E-state index contributed by atoms with van der Waals surface area (Å²) in [4.78, 5) is 17.4. The summed E-state index contributed by atoms with van der Waals surface area (Å²) in [6.07, 6.45) is 5.70.